The third-order valence-electron chi connectivity index (χ3n) is 2.82. The SMILES string of the molecule is Cc1cc(Cl)ccc1NC(=O)/C(C#N)=C/c1ccncc1. The fourth-order valence-corrected chi connectivity index (χ4v) is 1.96. The Balaban J connectivity index is 2.22. The molecule has 21 heavy (non-hydrogen) atoms. The average molecular weight is 298 g/mol. The molecule has 0 spiro atoms. The van der Waals surface area contributed by atoms with Crippen molar-refractivity contribution in [3.05, 3.63) is 64.4 Å². The van der Waals surface area contributed by atoms with E-state index in [4.69, 9.17) is 16.9 Å². The number of pyridine rings is 1. The van der Waals surface area contributed by atoms with Crippen LogP contribution in [-0.2, 0) is 4.79 Å². The van der Waals surface area contributed by atoms with Gasteiger partial charge in [-0.3, -0.25) is 9.78 Å². The van der Waals surface area contributed by atoms with Gasteiger partial charge in [0.2, 0.25) is 0 Å². The molecule has 1 aromatic carbocycles. The van der Waals surface area contributed by atoms with Gasteiger partial charge in [0.15, 0.2) is 0 Å². The lowest BCUT2D eigenvalue weighted by Gasteiger charge is -2.08. The van der Waals surface area contributed by atoms with Gasteiger partial charge in [0.1, 0.15) is 11.6 Å². The predicted octanol–water partition coefficient (Wildman–Crippen LogP) is 3.59. The zero-order valence-corrected chi connectivity index (χ0v) is 12.1. The predicted molar refractivity (Wildman–Crippen MR) is 82.6 cm³/mol. The first-order valence-corrected chi connectivity index (χ1v) is 6.57. The molecule has 1 heterocycles. The Labute approximate surface area is 127 Å². The lowest BCUT2D eigenvalue weighted by molar-refractivity contribution is -0.112. The summed E-state index contributed by atoms with van der Waals surface area (Å²) in [6.45, 7) is 1.83. The van der Waals surface area contributed by atoms with E-state index >= 15 is 0 Å². The van der Waals surface area contributed by atoms with Crippen LogP contribution in [0.4, 0.5) is 5.69 Å². The molecule has 1 aromatic heterocycles. The molecule has 0 unspecified atom stereocenters. The Bertz CT molecular complexity index is 733. The topological polar surface area (TPSA) is 65.8 Å². The van der Waals surface area contributed by atoms with Gasteiger partial charge in [0.05, 0.1) is 0 Å². The number of aromatic nitrogens is 1. The van der Waals surface area contributed by atoms with E-state index in [9.17, 15) is 4.79 Å². The van der Waals surface area contributed by atoms with Crippen molar-refractivity contribution in [1.29, 1.82) is 5.26 Å². The van der Waals surface area contributed by atoms with Crippen LogP contribution in [0.2, 0.25) is 5.02 Å². The minimum absolute atomic E-state index is 0.0237. The molecule has 2 rings (SSSR count). The van der Waals surface area contributed by atoms with Crippen LogP contribution in [-0.4, -0.2) is 10.9 Å². The number of benzene rings is 1. The molecule has 0 atom stereocenters. The van der Waals surface area contributed by atoms with Crippen molar-refractivity contribution in [1.82, 2.24) is 4.98 Å². The maximum atomic E-state index is 12.1. The van der Waals surface area contributed by atoms with Gasteiger partial charge in [-0.25, -0.2) is 0 Å². The zero-order valence-electron chi connectivity index (χ0n) is 11.3. The van der Waals surface area contributed by atoms with Crippen molar-refractivity contribution in [3.63, 3.8) is 0 Å². The van der Waals surface area contributed by atoms with Crippen molar-refractivity contribution in [2.75, 3.05) is 5.32 Å². The summed E-state index contributed by atoms with van der Waals surface area (Å²) in [5, 5.41) is 12.4. The van der Waals surface area contributed by atoms with Crippen LogP contribution in [0.25, 0.3) is 6.08 Å². The minimum atomic E-state index is -0.459. The van der Waals surface area contributed by atoms with Gasteiger partial charge in [0.25, 0.3) is 5.91 Å². The Morgan fingerprint density at radius 1 is 1.33 bits per heavy atom. The Kier molecular flexibility index (Phi) is 4.70. The number of amides is 1. The van der Waals surface area contributed by atoms with E-state index in [0.717, 1.165) is 11.1 Å². The molecule has 0 aliphatic rings. The molecule has 0 saturated carbocycles. The van der Waals surface area contributed by atoms with Crippen molar-refractivity contribution in [2.24, 2.45) is 0 Å². The monoisotopic (exact) mass is 297 g/mol. The molecule has 5 heteroatoms. The highest BCUT2D eigenvalue weighted by atomic mass is 35.5. The van der Waals surface area contributed by atoms with Crippen molar-refractivity contribution >= 4 is 29.3 Å². The fourth-order valence-electron chi connectivity index (χ4n) is 1.73. The second-order valence-electron chi connectivity index (χ2n) is 4.36. The number of nitriles is 1. The third kappa shape index (κ3) is 3.91. The molecule has 104 valence electrons. The van der Waals surface area contributed by atoms with Crippen molar-refractivity contribution < 1.29 is 4.79 Å². The standard InChI is InChI=1S/C16H12ClN3O/c1-11-8-14(17)2-3-15(11)20-16(21)13(10-18)9-12-4-6-19-7-5-12/h2-9H,1H3,(H,20,21)/b13-9+. The normalized spacial score (nSPS) is 10.8. The second-order valence-corrected chi connectivity index (χ2v) is 4.80. The minimum Gasteiger partial charge on any atom is -0.321 e. The summed E-state index contributed by atoms with van der Waals surface area (Å²) in [7, 11) is 0. The highest BCUT2D eigenvalue weighted by Crippen LogP contribution is 2.20. The fraction of sp³-hybridized carbons (Fsp3) is 0.0625. The average Bonchev–Trinajstić information content (AvgIpc) is 2.48. The van der Waals surface area contributed by atoms with Gasteiger partial charge in [0, 0.05) is 23.1 Å². The van der Waals surface area contributed by atoms with Crippen LogP contribution in [0.1, 0.15) is 11.1 Å². The van der Waals surface area contributed by atoms with E-state index in [1.54, 1.807) is 42.7 Å². The van der Waals surface area contributed by atoms with E-state index in [2.05, 4.69) is 10.3 Å². The lowest BCUT2D eigenvalue weighted by atomic mass is 10.1. The first kappa shape index (κ1) is 14.8. The van der Waals surface area contributed by atoms with Gasteiger partial charge in [-0.2, -0.15) is 5.26 Å². The highest BCUT2D eigenvalue weighted by Gasteiger charge is 2.10. The molecule has 2 aromatic rings. The van der Waals surface area contributed by atoms with E-state index in [-0.39, 0.29) is 5.57 Å². The number of carbonyl (C=O) groups is 1. The van der Waals surface area contributed by atoms with Gasteiger partial charge < -0.3 is 5.32 Å². The van der Waals surface area contributed by atoms with Crippen LogP contribution in [0.3, 0.4) is 0 Å². The van der Waals surface area contributed by atoms with Crippen molar-refractivity contribution in [2.45, 2.75) is 6.92 Å². The molecule has 1 N–H and O–H groups in total. The van der Waals surface area contributed by atoms with Gasteiger partial charge >= 0.3 is 0 Å². The van der Waals surface area contributed by atoms with Gasteiger partial charge in [-0.1, -0.05) is 11.6 Å². The Hall–Kier alpha value is -2.64. The molecule has 0 aliphatic carbocycles. The van der Waals surface area contributed by atoms with E-state index in [1.807, 2.05) is 13.0 Å². The van der Waals surface area contributed by atoms with Crippen LogP contribution in [0.5, 0.6) is 0 Å². The summed E-state index contributed by atoms with van der Waals surface area (Å²) in [5.41, 5.74) is 2.22. The molecule has 0 saturated heterocycles. The first-order valence-electron chi connectivity index (χ1n) is 6.19. The van der Waals surface area contributed by atoms with E-state index in [1.165, 1.54) is 6.08 Å². The number of nitrogens with zero attached hydrogens (tertiary/aromatic N) is 2. The number of nitrogens with one attached hydrogen (secondary N) is 1. The number of carbonyl (C=O) groups excluding carboxylic acids is 1. The highest BCUT2D eigenvalue weighted by molar-refractivity contribution is 6.30. The van der Waals surface area contributed by atoms with Gasteiger partial charge in [-0.05, 0) is 54.5 Å². The van der Waals surface area contributed by atoms with Gasteiger partial charge in [-0.15, -0.1) is 0 Å². The second kappa shape index (κ2) is 6.69. The smallest absolute Gasteiger partial charge is 0.266 e. The number of anilines is 1. The number of rotatable bonds is 3. The molecule has 4 nitrogen and oxygen atoms in total. The molecule has 0 fully saturated rings. The maximum Gasteiger partial charge on any atom is 0.266 e. The largest absolute Gasteiger partial charge is 0.321 e. The summed E-state index contributed by atoms with van der Waals surface area (Å²) in [5.74, 6) is -0.459. The number of halogens is 1. The molecule has 0 radical (unpaired) electrons. The Morgan fingerprint density at radius 3 is 2.67 bits per heavy atom. The number of hydrogen-bond acceptors (Lipinski definition) is 3. The van der Waals surface area contributed by atoms with E-state index in [0.29, 0.717) is 10.7 Å². The molecule has 0 bridgehead atoms. The lowest BCUT2D eigenvalue weighted by Crippen LogP contribution is -2.14. The summed E-state index contributed by atoms with van der Waals surface area (Å²) in [6.07, 6.45) is 4.71. The third-order valence-corrected chi connectivity index (χ3v) is 3.05. The number of hydrogen-bond donors (Lipinski definition) is 1. The summed E-state index contributed by atoms with van der Waals surface area (Å²) >= 11 is 5.87. The molecular weight excluding hydrogens is 286 g/mol. The first-order chi connectivity index (χ1) is 10.1. The molecular formula is C16H12ClN3O. The van der Waals surface area contributed by atoms with Crippen molar-refractivity contribution in [3.8, 4) is 6.07 Å². The molecule has 1 amide bonds. The molecule has 0 aliphatic heterocycles. The summed E-state index contributed by atoms with van der Waals surface area (Å²) in [6, 6.07) is 10.5. The van der Waals surface area contributed by atoms with Crippen LogP contribution >= 0.6 is 11.6 Å². The Morgan fingerprint density at radius 2 is 2.05 bits per heavy atom. The van der Waals surface area contributed by atoms with Crippen LogP contribution < -0.4 is 5.32 Å². The van der Waals surface area contributed by atoms with Crippen LogP contribution in [0.15, 0.2) is 48.3 Å². The summed E-state index contributed by atoms with van der Waals surface area (Å²) in [4.78, 5) is 16.0. The van der Waals surface area contributed by atoms with Crippen LogP contribution in [0, 0.1) is 18.3 Å². The van der Waals surface area contributed by atoms with E-state index < -0.39 is 5.91 Å². The summed E-state index contributed by atoms with van der Waals surface area (Å²) < 4.78 is 0. The number of aryl methyl sites for hydroxylation is 1. The zero-order chi connectivity index (χ0) is 15.2. The maximum absolute atomic E-state index is 12.1. The quantitative estimate of drug-likeness (QED) is 0.695.